The van der Waals surface area contributed by atoms with Crippen molar-refractivity contribution < 1.29 is 4.74 Å². The molecule has 1 fully saturated rings. The van der Waals surface area contributed by atoms with E-state index in [1.54, 1.807) is 0 Å². The van der Waals surface area contributed by atoms with Crippen LogP contribution in [-0.2, 0) is 4.74 Å². The lowest BCUT2D eigenvalue weighted by molar-refractivity contribution is 0.0922. The Kier molecular flexibility index (Phi) is 6.44. The van der Waals surface area contributed by atoms with Crippen molar-refractivity contribution in [2.24, 2.45) is 0 Å². The third kappa shape index (κ3) is 4.57. The van der Waals surface area contributed by atoms with Crippen LogP contribution in [-0.4, -0.2) is 35.8 Å². The maximum absolute atomic E-state index is 8.84. The molecule has 0 spiro atoms. The van der Waals surface area contributed by atoms with Crippen molar-refractivity contribution in [1.82, 2.24) is 4.90 Å². The maximum Gasteiger partial charge on any atom is 0.173 e. The zero-order valence-corrected chi connectivity index (χ0v) is 14.2. The number of rotatable bonds is 5. The average molecular weight is 338 g/mol. The van der Waals surface area contributed by atoms with Crippen molar-refractivity contribution in [3.8, 4) is 6.07 Å². The van der Waals surface area contributed by atoms with Gasteiger partial charge in [0.05, 0.1) is 18.6 Å². The van der Waals surface area contributed by atoms with Gasteiger partial charge in [-0.15, -0.1) is 0 Å². The first kappa shape index (κ1) is 17.0. The largest absolute Gasteiger partial charge is 0.376 e. The van der Waals surface area contributed by atoms with Crippen LogP contribution in [0.25, 0.3) is 0 Å². The Morgan fingerprint density at radius 1 is 1.59 bits per heavy atom. The summed E-state index contributed by atoms with van der Waals surface area (Å²) < 4.78 is 5.67. The number of nitrogens with one attached hydrogen (secondary N) is 1. The number of thiocarbonyl (C=S) groups is 1. The van der Waals surface area contributed by atoms with Crippen molar-refractivity contribution in [2.45, 2.75) is 32.3 Å². The molecule has 22 heavy (non-hydrogen) atoms. The van der Waals surface area contributed by atoms with Gasteiger partial charge in [-0.25, -0.2) is 0 Å². The number of nitriles is 1. The standard InChI is InChI=1S/C16H20ClN3OS/c1-12-14(17)6-2-7-15(12)19-16(22)20(9-4-8-18)11-13-5-3-10-21-13/h2,6-7,13H,3-5,9-11H2,1H3,(H,19,22). The first-order chi connectivity index (χ1) is 10.6. The van der Waals surface area contributed by atoms with E-state index in [1.807, 2.05) is 30.0 Å². The first-order valence-electron chi connectivity index (χ1n) is 7.41. The summed E-state index contributed by atoms with van der Waals surface area (Å²) >= 11 is 11.7. The van der Waals surface area contributed by atoms with Crippen LogP contribution in [0.1, 0.15) is 24.8 Å². The zero-order valence-electron chi connectivity index (χ0n) is 12.6. The predicted octanol–water partition coefficient (Wildman–Crippen LogP) is 3.74. The second-order valence-electron chi connectivity index (χ2n) is 5.33. The van der Waals surface area contributed by atoms with Crippen LogP contribution in [0.4, 0.5) is 5.69 Å². The van der Waals surface area contributed by atoms with Gasteiger partial charge < -0.3 is 15.0 Å². The molecule has 118 valence electrons. The van der Waals surface area contributed by atoms with E-state index < -0.39 is 0 Å². The van der Waals surface area contributed by atoms with E-state index in [0.717, 1.165) is 30.7 Å². The molecule has 1 atom stereocenters. The van der Waals surface area contributed by atoms with Gasteiger partial charge in [0.2, 0.25) is 0 Å². The molecular weight excluding hydrogens is 318 g/mol. The minimum atomic E-state index is 0.193. The summed E-state index contributed by atoms with van der Waals surface area (Å²) in [5, 5.41) is 13.4. The van der Waals surface area contributed by atoms with Crippen molar-refractivity contribution in [1.29, 1.82) is 5.26 Å². The lowest BCUT2D eigenvalue weighted by Crippen LogP contribution is -2.40. The summed E-state index contributed by atoms with van der Waals surface area (Å²) in [6.07, 6.45) is 2.76. The van der Waals surface area contributed by atoms with E-state index in [9.17, 15) is 0 Å². The highest BCUT2D eigenvalue weighted by molar-refractivity contribution is 7.80. The van der Waals surface area contributed by atoms with Gasteiger partial charge in [0.15, 0.2) is 5.11 Å². The molecule has 0 bridgehead atoms. The average Bonchev–Trinajstić information content (AvgIpc) is 3.01. The Morgan fingerprint density at radius 3 is 3.09 bits per heavy atom. The van der Waals surface area contributed by atoms with Crippen LogP contribution in [0.15, 0.2) is 18.2 Å². The van der Waals surface area contributed by atoms with Crippen LogP contribution < -0.4 is 5.32 Å². The van der Waals surface area contributed by atoms with Gasteiger partial charge in [0.1, 0.15) is 0 Å². The summed E-state index contributed by atoms with van der Waals surface area (Å²) in [6.45, 7) is 4.08. The highest BCUT2D eigenvalue weighted by Crippen LogP contribution is 2.23. The van der Waals surface area contributed by atoms with Crippen molar-refractivity contribution >= 4 is 34.6 Å². The molecule has 4 nitrogen and oxygen atoms in total. The molecule has 0 saturated carbocycles. The molecule has 1 unspecified atom stereocenters. The van der Waals surface area contributed by atoms with Crippen LogP contribution in [0.2, 0.25) is 5.02 Å². The van der Waals surface area contributed by atoms with Gasteiger partial charge in [0.25, 0.3) is 0 Å². The fourth-order valence-corrected chi connectivity index (χ4v) is 2.88. The first-order valence-corrected chi connectivity index (χ1v) is 8.20. The Hall–Kier alpha value is -1.35. The second kappa shape index (κ2) is 8.33. The van der Waals surface area contributed by atoms with Gasteiger partial charge in [-0.2, -0.15) is 5.26 Å². The highest BCUT2D eigenvalue weighted by atomic mass is 35.5. The fraction of sp³-hybridized carbons (Fsp3) is 0.500. The third-order valence-electron chi connectivity index (χ3n) is 3.74. The number of hydrogen-bond donors (Lipinski definition) is 1. The predicted molar refractivity (Wildman–Crippen MR) is 93.2 cm³/mol. The highest BCUT2D eigenvalue weighted by Gasteiger charge is 2.21. The van der Waals surface area contributed by atoms with Crippen molar-refractivity contribution in [3.05, 3.63) is 28.8 Å². The maximum atomic E-state index is 8.84. The monoisotopic (exact) mass is 337 g/mol. The second-order valence-corrected chi connectivity index (χ2v) is 6.13. The Labute approximate surface area is 142 Å². The normalized spacial score (nSPS) is 17.0. The van der Waals surface area contributed by atoms with Crippen LogP contribution in [0, 0.1) is 18.3 Å². The van der Waals surface area contributed by atoms with Crippen molar-refractivity contribution in [2.75, 3.05) is 25.0 Å². The molecule has 1 aromatic carbocycles. The molecule has 2 rings (SSSR count). The number of halogens is 1. The van der Waals surface area contributed by atoms with E-state index in [-0.39, 0.29) is 6.10 Å². The molecular formula is C16H20ClN3OS. The number of benzene rings is 1. The van der Waals surface area contributed by atoms with E-state index in [2.05, 4.69) is 11.4 Å². The van der Waals surface area contributed by atoms with Gasteiger partial charge >= 0.3 is 0 Å². The van der Waals surface area contributed by atoms with Crippen LogP contribution in [0.5, 0.6) is 0 Å². The van der Waals surface area contributed by atoms with E-state index in [1.165, 1.54) is 0 Å². The topological polar surface area (TPSA) is 48.3 Å². The van der Waals surface area contributed by atoms with Gasteiger partial charge in [-0.1, -0.05) is 17.7 Å². The molecule has 0 amide bonds. The minimum Gasteiger partial charge on any atom is -0.376 e. The molecule has 0 radical (unpaired) electrons. The van der Waals surface area contributed by atoms with Crippen molar-refractivity contribution in [3.63, 3.8) is 0 Å². The van der Waals surface area contributed by atoms with E-state index >= 15 is 0 Å². The van der Waals surface area contributed by atoms with Crippen LogP contribution in [0.3, 0.4) is 0 Å². The molecule has 0 aliphatic carbocycles. The molecule has 1 aliphatic heterocycles. The van der Waals surface area contributed by atoms with Gasteiger partial charge in [-0.05, 0) is 49.7 Å². The molecule has 0 aromatic heterocycles. The number of anilines is 1. The molecule has 1 heterocycles. The minimum absolute atomic E-state index is 0.193. The van der Waals surface area contributed by atoms with Crippen LogP contribution >= 0.6 is 23.8 Å². The third-order valence-corrected chi connectivity index (χ3v) is 4.51. The molecule has 1 aromatic rings. The summed E-state index contributed by atoms with van der Waals surface area (Å²) in [5.74, 6) is 0. The quantitative estimate of drug-likeness (QED) is 0.829. The summed E-state index contributed by atoms with van der Waals surface area (Å²) in [6, 6.07) is 7.86. The van der Waals surface area contributed by atoms with E-state index in [0.29, 0.717) is 29.6 Å². The Bertz CT molecular complexity index is 567. The number of ether oxygens (including phenoxy) is 1. The molecule has 1 N–H and O–H groups in total. The van der Waals surface area contributed by atoms with Gasteiger partial charge in [-0.3, -0.25) is 0 Å². The number of hydrogen-bond acceptors (Lipinski definition) is 3. The van der Waals surface area contributed by atoms with Gasteiger partial charge in [0, 0.05) is 30.4 Å². The summed E-state index contributed by atoms with van der Waals surface area (Å²) in [5.41, 5.74) is 1.86. The smallest absolute Gasteiger partial charge is 0.173 e. The fourth-order valence-electron chi connectivity index (χ4n) is 2.43. The molecule has 1 aliphatic rings. The molecule has 6 heteroatoms. The number of nitrogens with zero attached hydrogens (tertiary/aromatic N) is 2. The lowest BCUT2D eigenvalue weighted by atomic mass is 10.2. The zero-order chi connectivity index (χ0) is 15.9. The molecule has 1 saturated heterocycles. The Morgan fingerprint density at radius 2 is 2.41 bits per heavy atom. The summed E-state index contributed by atoms with van der Waals surface area (Å²) in [4.78, 5) is 2.01. The lowest BCUT2D eigenvalue weighted by Gasteiger charge is -2.28. The van der Waals surface area contributed by atoms with E-state index in [4.69, 9.17) is 33.8 Å². The summed E-state index contributed by atoms with van der Waals surface area (Å²) in [7, 11) is 0. The Balaban J connectivity index is 2.03. The SMILES string of the molecule is Cc1c(Cl)cccc1NC(=S)N(CCC#N)CC1CCCO1.